The van der Waals surface area contributed by atoms with Crippen molar-refractivity contribution in [3.8, 4) is 51.7 Å². The summed E-state index contributed by atoms with van der Waals surface area (Å²) in [7, 11) is 5.34. The second kappa shape index (κ2) is 61.1. The predicted molar refractivity (Wildman–Crippen MR) is 529 cm³/mol. The van der Waals surface area contributed by atoms with Crippen LogP contribution in [-0.4, -0.2) is 151 Å². The van der Waals surface area contributed by atoms with Crippen LogP contribution in [0.15, 0.2) is 209 Å². The number of nitrogens with zero attached hydrogens (tertiary/aromatic N) is 5. The Morgan fingerprint density at radius 1 is 0.301 bits per heavy atom. The number of carbonyl (C=O) groups excluding carboxylic acids is 10. The van der Waals surface area contributed by atoms with Gasteiger partial charge in [0, 0.05) is 33.9 Å². The first-order chi connectivity index (χ1) is 66.0. The molecule has 12 rings (SSSR count). The van der Waals surface area contributed by atoms with Crippen molar-refractivity contribution in [1.82, 2.24) is 30.2 Å². The van der Waals surface area contributed by atoms with E-state index in [1.807, 2.05) is 109 Å². The van der Waals surface area contributed by atoms with Crippen LogP contribution in [-0.2, 0) is 38.2 Å². The van der Waals surface area contributed by atoms with Crippen molar-refractivity contribution in [2.75, 3.05) is 54.8 Å². The Labute approximate surface area is 814 Å². The van der Waals surface area contributed by atoms with Crippen molar-refractivity contribution >= 4 is 115 Å². The van der Waals surface area contributed by atoms with E-state index in [0.29, 0.717) is 40.2 Å². The van der Waals surface area contributed by atoms with Gasteiger partial charge < -0.3 is 57.4 Å². The highest BCUT2D eigenvalue weighted by molar-refractivity contribution is 7.13. The van der Waals surface area contributed by atoms with Crippen LogP contribution < -0.4 is 38.5 Å². The standard InChI is InChI=1S/2C22H29NO4S.C21H28N2O3S.C20H17NO5S.C19H15NO5S/c1-4-5-6-7-8-9-10-17-11-13-18(14-12-17)27-16(2)20(24)21-23-19(15-28-21)22(25)26-3;1-3-5-6-7-8-9-10-17-11-13-18(14-12-17)27-15-20(24)21-23-19(16-28-21)22(25)26-4-2;1-3-4-5-6-7-8-9-16-10-12-17(13-11-16)26-14-19(24)21-23-18(15-27-21)20(25)22-2;1-13(18(22)19-21-17(12-27-19)20(23)24-2)25-15-8-10-16(11-9-15)26-14-6-4-3-5-7-14;1-23-19(22)16-12-26-18(20-16)17(21)11-24-13-7-9-15(10-8-13)25-14-5-3-2-4-6-14/h11-16H,4-10H2,1-3H3;11-14,16H,3-10,15H2,1-2H3;10-13,15H,3-9,14H2,1-2H3,(H,22,25);3-13H,1-2H3;2-10,12H,11H2,1H3. The van der Waals surface area contributed by atoms with Crippen LogP contribution in [0.2, 0.25) is 0 Å². The van der Waals surface area contributed by atoms with Gasteiger partial charge in [-0.15, -0.1) is 56.7 Å². The van der Waals surface area contributed by atoms with Crippen molar-refractivity contribution in [3.63, 3.8) is 0 Å². The topological polar surface area (TPSA) is 349 Å². The Morgan fingerprint density at radius 2 is 0.559 bits per heavy atom. The first kappa shape index (κ1) is 108. The molecule has 0 aliphatic rings. The number of ether oxygens (including phenoxy) is 11. The Balaban J connectivity index is 0.000000209. The Hall–Kier alpha value is -13.0. The van der Waals surface area contributed by atoms with Crippen LogP contribution in [0.3, 0.4) is 0 Å². The number of hydrogen-bond acceptors (Lipinski definition) is 31. The number of hydrogen-bond donors (Lipinski definition) is 1. The molecule has 2 unspecified atom stereocenters. The molecule has 7 aromatic carbocycles. The number of amides is 1. The maximum Gasteiger partial charge on any atom is 0.357 e. The zero-order chi connectivity index (χ0) is 97.6. The number of unbranched alkanes of at least 4 members (excludes halogenated alkanes) is 15. The highest BCUT2D eigenvalue weighted by Gasteiger charge is 2.26. The second-order valence-corrected chi connectivity index (χ2v) is 34.9. The van der Waals surface area contributed by atoms with E-state index in [0.717, 1.165) is 87.4 Å². The predicted octanol–water partition coefficient (Wildman–Crippen LogP) is 24.0. The van der Waals surface area contributed by atoms with Gasteiger partial charge in [0.15, 0.2) is 79.8 Å². The highest BCUT2D eigenvalue weighted by atomic mass is 32.1. The molecule has 1 N–H and O–H groups in total. The van der Waals surface area contributed by atoms with E-state index in [9.17, 15) is 47.9 Å². The van der Waals surface area contributed by atoms with Crippen LogP contribution in [0.1, 0.15) is 275 Å². The Kier molecular flexibility index (Phi) is 48.6. The average Bonchev–Trinajstić information content (AvgIpc) is 1.68. The van der Waals surface area contributed by atoms with Gasteiger partial charge in [-0.3, -0.25) is 28.8 Å². The number of aryl methyl sites for hydroxylation is 3. The second-order valence-electron chi connectivity index (χ2n) is 30.6. The first-order valence-electron chi connectivity index (χ1n) is 45.3. The van der Waals surface area contributed by atoms with E-state index >= 15 is 0 Å². The number of aromatic nitrogens is 5. The number of Topliss-reactive ketones (excluding diaryl/α,β-unsaturated/α-hetero) is 5. The Morgan fingerprint density at radius 3 is 0.875 bits per heavy atom. The number of esters is 4. The fourth-order valence-electron chi connectivity index (χ4n) is 12.6. The van der Waals surface area contributed by atoms with E-state index in [4.69, 9.17) is 37.9 Å². The number of ketones is 5. The first-order valence-corrected chi connectivity index (χ1v) is 49.7. The summed E-state index contributed by atoms with van der Waals surface area (Å²) in [5.74, 6) is 1.96. The number of nitrogens with one attached hydrogen (secondary N) is 1. The molecule has 12 aromatic rings. The summed E-state index contributed by atoms with van der Waals surface area (Å²) in [4.78, 5) is 139. The van der Waals surface area contributed by atoms with Crippen LogP contribution in [0.4, 0.5) is 0 Å². The lowest BCUT2D eigenvalue weighted by Crippen LogP contribution is -2.24. The molecule has 136 heavy (non-hydrogen) atoms. The van der Waals surface area contributed by atoms with Gasteiger partial charge in [0.2, 0.25) is 28.9 Å². The van der Waals surface area contributed by atoms with Crippen LogP contribution in [0.25, 0.3) is 0 Å². The maximum atomic E-state index is 12.5. The molecule has 32 heteroatoms. The van der Waals surface area contributed by atoms with Gasteiger partial charge >= 0.3 is 23.9 Å². The molecule has 0 aliphatic heterocycles. The summed E-state index contributed by atoms with van der Waals surface area (Å²) in [6, 6.07) is 56.5. The largest absolute Gasteiger partial charge is 0.485 e. The van der Waals surface area contributed by atoms with Gasteiger partial charge in [-0.2, -0.15) is 0 Å². The molecule has 0 fully saturated rings. The van der Waals surface area contributed by atoms with Gasteiger partial charge in [-0.25, -0.2) is 44.1 Å². The lowest BCUT2D eigenvalue weighted by atomic mass is 10.0. The minimum absolute atomic E-state index is 0.0858. The summed E-state index contributed by atoms with van der Waals surface area (Å²) in [6.07, 6.45) is 25.0. The van der Waals surface area contributed by atoms with Crippen molar-refractivity contribution in [3.05, 3.63) is 279 Å². The van der Waals surface area contributed by atoms with E-state index in [1.165, 1.54) is 182 Å². The van der Waals surface area contributed by atoms with Gasteiger partial charge in [0.25, 0.3) is 5.91 Å². The summed E-state index contributed by atoms with van der Waals surface area (Å²) < 4.78 is 58.1. The number of rotatable bonds is 51. The smallest absolute Gasteiger partial charge is 0.357 e. The Bertz CT molecular complexity index is 5630. The molecule has 2 atom stereocenters. The van der Waals surface area contributed by atoms with Gasteiger partial charge in [0.05, 0.1) is 27.9 Å². The number of benzene rings is 7. The lowest BCUT2D eigenvalue weighted by molar-refractivity contribution is 0.0517. The number of carbonyl (C=O) groups is 10. The minimum Gasteiger partial charge on any atom is -0.485 e. The molecule has 0 saturated heterocycles. The van der Waals surface area contributed by atoms with Crippen LogP contribution in [0.5, 0.6) is 51.7 Å². The summed E-state index contributed by atoms with van der Waals surface area (Å²) in [6.45, 7) is 11.7. The summed E-state index contributed by atoms with van der Waals surface area (Å²) in [5, 5.41) is 11.3. The van der Waals surface area contributed by atoms with Crippen molar-refractivity contribution < 1.29 is 100 Å². The molecular weight excluding hydrogens is 1830 g/mol. The molecule has 1 amide bonds. The molecule has 0 saturated carbocycles. The van der Waals surface area contributed by atoms with Gasteiger partial charge in [-0.05, 0) is 185 Å². The van der Waals surface area contributed by atoms with Crippen molar-refractivity contribution in [2.45, 2.75) is 189 Å². The molecule has 5 aromatic heterocycles. The van der Waals surface area contributed by atoms with Gasteiger partial charge in [0.1, 0.15) is 57.4 Å². The van der Waals surface area contributed by atoms with E-state index < -0.39 is 36.1 Å². The van der Waals surface area contributed by atoms with E-state index in [-0.39, 0.29) is 115 Å². The van der Waals surface area contributed by atoms with Crippen LogP contribution in [0, 0.1) is 0 Å². The van der Waals surface area contributed by atoms with Crippen molar-refractivity contribution in [2.24, 2.45) is 0 Å². The molecular formula is C104H118N6O21S5. The SMILES string of the molecule is CCCCCCCCc1ccc(OC(C)C(=O)c2nc(C(=O)OC)cs2)cc1.CCCCCCCCc1ccc(OCC(=O)c2nc(C(=O)NC)cs2)cc1.CCCCCCCCc1ccc(OCC(=O)c2nc(C(=O)OCC)cs2)cc1.COC(=O)c1csc(C(=O)C(C)Oc2ccc(Oc3ccccc3)cc2)n1.COC(=O)c1csc(C(=O)COc2ccc(Oc3ccccc3)cc2)n1. The summed E-state index contributed by atoms with van der Waals surface area (Å²) >= 11 is 5.56. The fourth-order valence-corrected chi connectivity index (χ4v) is 16.4. The maximum absolute atomic E-state index is 12.5. The molecule has 27 nitrogen and oxygen atoms in total. The summed E-state index contributed by atoms with van der Waals surface area (Å²) in [5.41, 5.74) is 4.64. The van der Waals surface area contributed by atoms with Gasteiger partial charge in [-0.1, -0.05) is 190 Å². The molecule has 720 valence electrons. The molecule has 5 heterocycles. The number of thiazole rings is 5. The van der Waals surface area contributed by atoms with Crippen molar-refractivity contribution in [1.29, 1.82) is 0 Å². The minimum atomic E-state index is -0.748. The molecule has 0 radical (unpaired) electrons. The third kappa shape index (κ3) is 38.8. The van der Waals surface area contributed by atoms with E-state index in [2.05, 4.69) is 89.5 Å². The quantitative estimate of drug-likeness (QED) is 0.0160. The zero-order valence-electron chi connectivity index (χ0n) is 78.4. The normalized spacial score (nSPS) is 11.0. The molecule has 0 aliphatic carbocycles. The highest BCUT2D eigenvalue weighted by Crippen LogP contribution is 2.29. The molecule has 0 spiro atoms. The lowest BCUT2D eigenvalue weighted by Gasteiger charge is -2.13. The fraction of sp³-hybridized carbons (Fsp3) is 0.356. The number of para-hydroxylation sites is 2. The molecule has 0 bridgehead atoms. The monoisotopic (exact) mass is 1950 g/mol. The average molecular weight is 1950 g/mol. The zero-order valence-corrected chi connectivity index (χ0v) is 82.5. The number of methoxy groups -OCH3 is 3. The van der Waals surface area contributed by atoms with E-state index in [1.54, 1.807) is 74.7 Å². The third-order valence-corrected chi connectivity index (χ3v) is 24.5. The third-order valence-electron chi connectivity index (χ3n) is 20.1. The van der Waals surface area contributed by atoms with Crippen LogP contribution >= 0.6 is 56.7 Å².